The van der Waals surface area contributed by atoms with E-state index in [2.05, 4.69) is 15.0 Å². The van der Waals surface area contributed by atoms with Crippen molar-refractivity contribution in [3.63, 3.8) is 0 Å². The number of amides is 1. The minimum absolute atomic E-state index is 0.0646. The fourth-order valence-electron chi connectivity index (χ4n) is 3.08. The number of aromatic amines is 1. The minimum Gasteiger partial charge on any atom is -0.493 e. The van der Waals surface area contributed by atoms with E-state index in [1.54, 1.807) is 30.3 Å². The number of hydrogen-bond acceptors (Lipinski definition) is 6. The first-order valence-electron chi connectivity index (χ1n) is 8.64. The Bertz CT molecular complexity index is 1280. The molecule has 0 radical (unpaired) electrons. The van der Waals surface area contributed by atoms with Gasteiger partial charge in [-0.1, -0.05) is 30.3 Å². The van der Waals surface area contributed by atoms with Crippen molar-refractivity contribution in [1.29, 1.82) is 0 Å². The Kier molecular flexibility index (Phi) is 4.47. The molecule has 0 aliphatic heterocycles. The van der Waals surface area contributed by atoms with Crippen LogP contribution in [0.2, 0.25) is 0 Å². The third-order valence-corrected chi connectivity index (χ3v) is 4.43. The molecule has 0 atom stereocenters. The normalized spacial score (nSPS) is 10.8. The number of nitrogens with zero attached hydrogens (tertiary/aromatic N) is 3. The van der Waals surface area contributed by atoms with Crippen molar-refractivity contribution in [3.05, 3.63) is 64.7 Å². The molecule has 9 nitrogen and oxygen atoms in total. The van der Waals surface area contributed by atoms with E-state index in [1.807, 2.05) is 18.2 Å². The van der Waals surface area contributed by atoms with Crippen LogP contribution in [0.25, 0.3) is 28.2 Å². The average molecular weight is 391 g/mol. The van der Waals surface area contributed by atoms with Gasteiger partial charge in [0.05, 0.1) is 19.9 Å². The first-order valence-corrected chi connectivity index (χ1v) is 8.64. The molecule has 0 aliphatic carbocycles. The third-order valence-electron chi connectivity index (χ3n) is 4.43. The number of carbonyl (C=O) groups is 1. The molecule has 0 fully saturated rings. The van der Waals surface area contributed by atoms with Crippen molar-refractivity contribution in [2.75, 3.05) is 14.2 Å². The van der Waals surface area contributed by atoms with Crippen molar-refractivity contribution in [3.8, 4) is 28.6 Å². The van der Waals surface area contributed by atoms with Gasteiger partial charge in [0, 0.05) is 11.6 Å². The maximum Gasteiger partial charge on any atom is 0.332 e. The zero-order valence-corrected chi connectivity index (χ0v) is 15.7. The molecule has 2 heterocycles. The molecule has 0 saturated carbocycles. The highest BCUT2D eigenvalue weighted by molar-refractivity contribution is 6.02. The van der Waals surface area contributed by atoms with Gasteiger partial charge in [-0.25, -0.2) is 19.3 Å². The number of imidazole rings is 1. The molecule has 9 heteroatoms. The summed E-state index contributed by atoms with van der Waals surface area (Å²) in [4.78, 5) is 36.2. The summed E-state index contributed by atoms with van der Waals surface area (Å²) in [6.07, 6.45) is 0. The van der Waals surface area contributed by atoms with Gasteiger partial charge in [-0.2, -0.15) is 0 Å². The van der Waals surface area contributed by atoms with Crippen LogP contribution in [0.3, 0.4) is 0 Å². The number of aromatic nitrogens is 4. The van der Waals surface area contributed by atoms with Crippen LogP contribution >= 0.6 is 0 Å². The van der Waals surface area contributed by atoms with Gasteiger partial charge in [-0.3, -0.25) is 4.79 Å². The summed E-state index contributed by atoms with van der Waals surface area (Å²) in [6.45, 7) is 0. The van der Waals surface area contributed by atoms with Crippen molar-refractivity contribution in [1.82, 2.24) is 19.5 Å². The van der Waals surface area contributed by atoms with Crippen LogP contribution in [0.1, 0.15) is 10.5 Å². The van der Waals surface area contributed by atoms with Crippen LogP contribution in [0.5, 0.6) is 11.5 Å². The summed E-state index contributed by atoms with van der Waals surface area (Å²) >= 11 is 0. The predicted molar refractivity (Wildman–Crippen MR) is 107 cm³/mol. The van der Waals surface area contributed by atoms with E-state index in [4.69, 9.17) is 15.2 Å². The van der Waals surface area contributed by atoms with Crippen LogP contribution in [-0.4, -0.2) is 39.6 Å². The predicted octanol–water partition coefficient (Wildman–Crippen LogP) is 1.89. The van der Waals surface area contributed by atoms with Crippen LogP contribution in [0.15, 0.2) is 53.3 Å². The number of primary amides is 1. The topological polar surface area (TPSA) is 125 Å². The van der Waals surface area contributed by atoms with Gasteiger partial charge in [0.25, 0.3) is 5.91 Å². The number of H-pyrrole nitrogens is 1. The Balaban J connectivity index is 2.03. The highest BCUT2D eigenvalue weighted by Gasteiger charge is 2.20. The Hall–Kier alpha value is -4.14. The molecular formula is C20H17N5O4. The Morgan fingerprint density at radius 3 is 2.41 bits per heavy atom. The molecule has 4 aromatic rings. The summed E-state index contributed by atoms with van der Waals surface area (Å²) in [5, 5.41) is 0. The lowest BCUT2D eigenvalue weighted by Crippen LogP contribution is -2.15. The van der Waals surface area contributed by atoms with Crippen LogP contribution in [0.4, 0.5) is 0 Å². The lowest BCUT2D eigenvalue weighted by atomic mass is 10.2. The molecule has 3 N–H and O–H groups in total. The number of rotatable bonds is 5. The van der Waals surface area contributed by atoms with Crippen LogP contribution in [0, 0.1) is 0 Å². The summed E-state index contributed by atoms with van der Waals surface area (Å²) < 4.78 is 11.9. The number of nitrogens with two attached hydrogens (primary N) is 1. The van der Waals surface area contributed by atoms with Gasteiger partial charge < -0.3 is 20.2 Å². The van der Waals surface area contributed by atoms with Gasteiger partial charge in [0.1, 0.15) is 5.52 Å². The number of fused-ring (bicyclic) bond motifs is 1. The van der Waals surface area contributed by atoms with E-state index in [0.29, 0.717) is 22.7 Å². The standard InChI is InChI=1S/C20H17N5O4/c1-28-13-9-8-12(10-14(13)29-2)25-19-16(23-20(25)27)15(17(21)26)22-18(24-19)11-6-4-3-5-7-11/h3-10H,1-2H3,(H2,21,26)(H,23,27). The quantitative estimate of drug-likeness (QED) is 0.535. The number of nitrogens with one attached hydrogen (secondary N) is 1. The van der Waals surface area contributed by atoms with Gasteiger partial charge in [0.15, 0.2) is 28.7 Å². The maximum atomic E-state index is 12.7. The fourth-order valence-corrected chi connectivity index (χ4v) is 3.08. The summed E-state index contributed by atoms with van der Waals surface area (Å²) in [7, 11) is 3.02. The van der Waals surface area contributed by atoms with Crippen molar-refractivity contribution in [2.45, 2.75) is 0 Å². The van der Waals surface area contributed by atoms with Crippen molar-refractivity contribution >= 4 is 17.1 Å². The molecule has 0 unspecified atom stereocenters. The molecule has 146 valence electrons. The highest BCUT2D eigenvalue weighted by Crippen LogP contribution is 2.30. The number of benzene rings is 2. The van der Waals surface area contributed by atoms with Gasteiger partial charge in [-0.05, 0) is 12.1 Å². The number of ether oxygens (including phenoxy) is 2. The van der Waals surface area contributed by atoms with Crippen molar-refractivity contribution in [2.24, 2.45) is 5.73 Å². The van der Waals surface area contributed by atoms with E-state index in [-0.39, 0.29) is 22.7 Å². The first-order chi connectivity index (χ1) is 14.0. The Morgan fingerprint density at radius 2 is 1.76 bits per heavy atom. The molecule has 29 heavy (non-hydrogen) atoms. The summed E-state index contributed by atoms with van der Waals surface area (Å²) in [6, 6.07) is 14.1. The molecule has 2 aromatic carbocycles. The minimum atomic E-state index is -0.768. The third kappa shape index (κ3) is 3.08. The highest BCUT2D eigenvalue weighted by atomic mass is 16.5. The van der Waals surface area contributed by atoms with E-state index < -0.39 is 11.6 Å². The number of hydrogen-bond donors (Lipinski definition) is 2. The maximum absolute atomic E-state index is 12.7. The number of carbonyl (C=O) groups excluding carboxylic acids is 1. The molecule has 1 amide bonds. The van der Waals surface area contributed by atoms with E-state index in [1.165, 1.54) is 18.8 Å². The molecule has 4 rings (SSSR count). The molecule has 0 bridgehead atoms. The van der Waals surface area contributed by atoms with E-state index in [0.717, 1.165) is 0 Å². The molecule has 2 aromatic heterocycles. The van der Waals surface area contributed by atoms with Crippen LogP contribution in [-0.2, 0) is 0 Å². The second kappa shape index (κ2) is 7.12. The second-order valence-electron chi connectivity index (χ2n) is 6.13. The number of methoxy groups -OCH3 is 2. The zero-order valence-electron chi connectivity index (χ0n) is 15.7. The second-order valence-corrected chi connectivity index (χ2v) is 6.13. The fraction of sp³-hybridized carbons (Fsp3) is 0.100. The average Bonchev–Trinajstić information content (AvgIpc) is 3.08. The van der Waals surface area contributed by atoms with Gasteiger partial charge in [-0.15, -0.1) is 0 Å². The molecule has 0 saturated heterocycles. The molecular weight excluding hydrogens is 374 g/mol. The SMILES string of the molecule is COc1ccc(-n2c(=O)[nH]c3c(C(N)=O)nc(-c4ccccc4)nc32)cc1OC. The van der Waals surface area contributed by atoms with E-state index in [9.17, 15) is 9.59 Å². The lowest BCUT2D eigenvalue weighted by Gasteiger charge is -2.10. The molecule has 0 spiro atoms. The Morgan fingerprint density at radius 1 is 1.03 bits per heavy atom. The van der Waals surface area contributed by atoms with Crippen molar-refractivity contribution < 1.29 is 14.3 Å². The Labute approximate surface area is 164 Å². The lowest BCUT2D eigenvalue weighted by molar-refractivity contribution is 0.0997. The smallest absolute Gasteiger partial charge is 0.332 e. The molecule has 0 aliphatic rings. The first kappa shape index (κ1) is 18.2. The van der Waals surface area contributed by atoms with Gasteiger partial charge in [0.2, 0.25) is 0 Å². The summed E-state index contributed by atoms with van der Waals surface area (Å²) in [5.74, 6) is 0.468. The largest absolute Gasteiger partial charge is 0.493 e. The summed E-state index contributed by atoms with van der Waals surface area (Å²) in [5.41, 5.74) is 6.51. The monoisotopic (exact) mass is 391 g/mol. The van der Waals surface area contributed by atoms with Crippen LogP contribution < -0.4 is 20.9 Å². The van der Waals surface area contributed by atoms with Gasteiger partial charge >= 0.3 is 5.69 Å². The van der Waals surface area contributed by atoms with E-state index >= 15 is 0 Å². The zero-order chi connectivity index (χ0) is 20.5.